The fourth-order valence-electron chi connectivity index (χ4n) is 1.98. The third kappa shape index (κ3) is 5.02. The smallest absolute Gasteiger partial charge is 0.226 e. The number of amides is 1. The summed E-state index contributed by atoms with van der Waals surface area (Å²) >= 11 is 0. The van der Waals surface area contributed by atoms with Gasteiger partial charge in [-0.2, -0.15) is 0 Å². The Morgan fingerprint density at radius 2 is 1.83 bits per heavy atom. The first-order valence-electron chi connectivity index (χ1n) is 7.36. The maximum Gasteiger partial charge on any atom is 0.226 e. The van der Waals surface area contributed by atoms with Crippen molar-refractivity contribution in [1.29, 1.82) is 0 Å². The summed E-state index contributed by atoms with van der Waals surface area (Å²) in [5.41, 5.74) is 7.43. The van der Waals surface area contributed by atoms with Crippen LogP contribution in [0.4, 0.5) is 11.5 Å². The van der Waals surface area contributed by atoms with Gasteiger partial charge in [0, 0.05) is 29.5 Å². The van der Waals surface area contributed by atoms with Gasteiger partial charge in [0.2, 0.25) is 5.91 Å². The van der Waals surface area contributed by atoms with E-state index in [4.69, 9.17) is 5.73 Å². The Morgan fingerprint density at radius 3 is 2.38 bits per heavy atom. The van der Waals surface area contributed by atoms with Gasteiger partial charge < -0.3 is 11.1 Å². The number of carbonyl (C=O) groups is 1. The lowest BCUT2D eigenvalue weighted by Crippen LogP contribution is -2.17. The Hall–Kier alpha value is -2.48. The van der Waals surface area contributed by atoms with Gasteiger partial charge in [0.15, 0.2) is 15.7 Å². The molecule has 3 N–H and O–H groups in total. The van der Waals surface area contributed by atoms with E-state index in [-0.39, 0.29) is 23.4 Å². The molecular weight excluding hydrogens is 328 g/mol. The average molecular weight is 348 g/mol. The molecule has 0 saturated carbocycles. The fraction of sp³-hybridized carbons (Fsp3) is 0.312. The first-order valence-corrected chi connectivity index (χ1v) is 9.42. The second-order valence-corrected chi connectivity index (χ2v) is 8.04. The number of carbonyl (C=O) groups excluding carboxylic acids is 1. The second kappa shape index (κ2) is 6.96. The van der Waals surface area contributed by atoms with Crippen LogP contribution < -0.4 is 11.1 Å². The summed E-state index contributed by atoms with van der Waals surface area (Å²) in [7, 11) is -3.21. The molecule has 0 bridgehead atoms. The van der Waals surface area contributed by atoms with Gasteiger partial charge in [0.25, 0.3) is 0 Å². The van der Waals surface area contributed by atoms with E-state index >= 15 is 0 Å². The number of nitrogen functional groups attached to an aromatic ring is 1. The Kier molecular flexibility index (Phi) is 5.18. The molecule has 1 aromatic heterocycles. The minimum absolute atomic E-state index is 0.0709. The fourth-order valence-corrected chi connectivity index (χ4v) is 2.66. The average Bonchev–Trinajstić information content (AvgIpc) is 2.45. The van der Waals surface area contributed by atoms with Crippen LogP contribution >= 0.6 is 0 Å². The number of nitrogens with two attached hydrogens (primary N) is 1. The van der Waals surface area contributed by atoms with Crippen molar-refractivity contribution in [3.8, 4) is 11.4 Å². The van der Waals surface area contributed by atoms with Crippen LogP contribution in [0, 0.1) is 5.92 Å². The Balaban J connectivity index is 2.27. The quantitative estimate of drug-likeness (QED) is 0.852. The third-order valence-corrected chi connectivity index (χ3v) is 3.96. The largest absolute Gasteiger partial charge is 0.384 e. The minimum Gasteiger partial charge on any atom is -0.384 e. The lowest BCUT2D eigenvalue weighted by Gasteiger charge is -2.09. The highest BCUT2D eigenvalue weighted by Gasteiger charge is 2.11. The van der Waals surface area contributed by atoms with Crippen LogP contribution in [0.15, 0.2) is 30.3 Å². The van der Waals surface area contributed by atoms with E-state index in [0.717, 1.165) is 6.26 Å². The first kappa shape index (κ1) is 17.9. The molecule has 0 saturated heterocycles. The summed E-state index contributed by atoms with van der Waals surface area (Å²) in [6.45, 7) is 3.63. The van der Waals surface area contributed by atoms with Crippen molar-refractivity contribution < 1.29 is 13.2 Å². The van der Waals surface area contributed by atoms with Crippen molar-refractivity contribution in [3.63, 3.8) is 0 Å². The topological polar surface area (TPSA) is 115 Å². The molecule has 7 nitrogen and oxygen atoms in total. The molecule has 0 spiro atoms. The highest BCUT2D eigenvalue weighted by molar-refractivity contribution is 7.89. The number of anilines is 2. The molecule has 128 valence electrons. The van der Waals surface area contributed by atoms with Gasteiger partial charge in [-0.05, 0) is 24.3 Å². The molecule has 0 radical (unpaired) electrons. The molecule has 24 heavy (non-hydrogen) atoms. The first-order chi connectivity index (χ1) is 11.1. The lowest BCUT2D eigenvalue weighted by molar-refractivity contribution is -0.118. The van der Waals surface area contributed by atoms with Crippen molar-refractivity contribution in [2.24, 2.45) is 5.92 Å². The molecule has 0 aliphatic heterocycles. The highest BCUT2D eigenvalue weighted by Crippen LogP contribution is 2.20. The van der Waals surface area contributed by atoms with Crippen molar-refractivity contribution >= 4 is 27.2 Å². The number of nitrogens with one attached hydrogen (secondary N) is 1. The molecule has 1 heterocycles. The summed E-state index contributed by atoms with van der Waals surface area (Å²) in [5.74, 6) is 0.167. The van der Waals surface area contributed by atoms with Crippen molar-refractivity contribution in [1.82, 2.24) is 9.97 Å². The molecule has 0 aliphatic carbocycles. The monoisotopic (exact) mass is 348 g/mol. The van der Waals surface area contributed by atoms with Gasteiger partial charge in [0.05, 0.1) is 11.4 Å². The molecule has 0 aliphatic rings. The molecule has 1 aromatic carbocycles. The highest BCUT2D eigenvalue weighted by atomic mass is 32.2. The van der Waals surface area contributed by atoms with Crippen LogP contribution in [0.25, 0.3) is 11.4 Å². The lowest BCUT2D eigenvalue weighted by atomic mass is 10.1. The Labute approximate surface area is 141 Å². The Bertz CT molecular complexity index is 846. The maximum atomic E-state index is 11.7. The molecule has 1 amide bonds. The van der Waals surface area contributed by atoms with E-state index in [9.17, 15) is 13.2 Å². The van der Waals surface area contributed by atoms with Gasteiger partial charge in [0.1, 0.15) is 5.82 Å². The molecule has 0 atom stereocenters. The van der Waals surface area contributed by atoms with Crippen LogP contribution in [0.2, 0.25) is 0 Å². The van der Waals surface area contributed by atoms with Gasteiger partial charge >= 0.3 is 0 Å². The predicted octanol–water partition coefficient (Wildman–Crippen LogP) is 1.86. The van der Waals surface area contributed by atoms with Crippen molar-refractivity contribution in [3.05, 3.63) is 36.0 Å². The van der Waals surface area contributed by atoms with E-state index < -0.39 is 9.84 Å². The van der Waals surface area contributed by atoms with Gasteiger partial charge in [-0.15, -0.1) is 0 Å². The number of hydrogen-bond acceptors (Lipinski definition) is 6. The zero-order valence-corrected chi connectivity index (χ0v) is 14.6. The summed E-state index contributed by atoms with van der Waals surface area (Å²) in [6.07, 6.45) is 1.14. The molecule has 0 unspecified atom stereocenters. The van der Waals surface area contributed by atoms with E-state index in [1.165, 1.54) is 6.07 Å². The van der Waals surface area contributed by atoms with Crippen LogP contribution in [-0.4, -0.2) is 30.5 Å². The summed E-state index contributed by atoms with van der Waals surface area (Å²) in [5, 5.41) is 2.79. The number of rotatable bonds is 5. The van der Waals surface area contributed by atoms with E-state index in [1.54, 1.807) is 24.3 Å². The van der Waals surface area contributed by atoms with Gasteiger partial charge in [-0.1, -0.05) is 13.8 Å². The predicted molar refractivity (Wildman–Crippen MR) is 93.9 cm³/mol. The van der Waals surface area contributed by atoms with Crippen molar-refractivity contribution in [2.75, 3.05) is 17.3 Å². The minimum atomic E-state index is -3.21. The number of aromatic nitrogens is 2. The molecule has 0 fully saturated rings. The second-order valence-electron chi connectivity index (χ2n) is 5.90. The zero-order valence-electron chi connectivity index (χ0n) is 13.8. The van der Waals surface area contributed by atoms with Crippen LogP contribution in [0.3, 0.4) is 0 Å². The van der Waals surface area contributed by atoms with Crippen LogP contribution in [0.1, 0.15) is 19.5 Å². The number of sulfone groups is 1. The molecular formula is C16H20N4O3S. The van der Waals surface area contributed by atoms with Crippen molar-refractivity contribution in [2.45, 2.75) is 19.6 Å². The van der Waals surface area contributed by atoms with Crippen LogP contribution in [0.5, 0.6) is 0 Å². The summed E-state index contributed by atoms with van der Waals surface area (Å²) < 4.78 is 22.8. The normalized spacial score (nSPS) is 11.5. The number of benzene rings is 1. The van der Waals surface area contributed by atoms with E-state index in [1.807, 2.05) is 13.8 Å². The summed E-state index contributed by atoms with van der Waals surface area (Å²) in [4.78, 5) is 20.1. The number of nitrogens with zero attached hydrogens (tertiary/aromatic N) is 2. The third-order valence-electron chi connectivity index (χ3n) is 3.14. The Morgan fingerprint density at radius 1 is 1.21 bits per heavy atom. The van der Waals surface area contributed by atoms with E-state index in [0.29, 0.717) is 22.8 Å². The van der Waals surface area contributed by atoms with Gasteiger partial charge in [-0.3, -0.25) is 4.79 Å². The zero-order chi connectivity index (χ0) is 17.9. The standard InChI is InChI=1S/C16H20N4O3S/c1-10(2)16(21)19-12-6-4-11(5-7-12)15-18-13(8-14(17)20-15)9-24(3,22)23/h4-8,10H,9H2,1-3H3,(H,19,21)(H2,17,18,20). The number of hydrogen-bond donors (Lipinski definition) is 2. The molecule has 8 heteroatoms. The molecule has 2 aromatic rings. The van der Waals surface area contributed by atoms with E-state index in [2.05, 4.69) is 15.3 Å². The molecule has 2 rings (SSSR count). The maximum absolute atomic E-state index is 11.7. The van der Waals surface area contributed by atoms with Gasteiger partial charge in [-0.25, -0.2) is 18.4 Å². The summed E-state index contributed by atoms with van der Waals surface area (Å²) in [6, 6.07) is 8.41. The van der Waals surface area contributed by atoms with Crippen LogP contribution in [-0.2, 0) is 20.4 Å². The SMILES string of the molecule is CC(C)C(=O)Nc1ccc(-c2nc(N)cc(CS(C)(=O)=O)n2)cc1.